The van der Waals surface area contributed by atoms with Crippen LogP contribution in [0.1, 0.15) is 23.1 Å². The number of amides is 2. The highest BCUT2D eigenvalue weighted by atomic mass is 16.2. The highest BCUT2D eigenvalue weighted by Gasteiger charge is 2.26. The Labute approximate surface area is 132 Å². The van der Waals surface area contributed by atoms with Crippen LogP contribution in [-0.2, 0) is 9.59 Å². The van der Waals surface area contributed by atoms with Gasteiger partial charge in [0.05, 0.1) is 12.5 Å². The summed E-state index contributed by atoms with van der Waals surface area (Å²) in [5.41, 5.74) is 4.10. The summed E-state index contributed by atoms with van der Waals surface area (Å²) in [5, 5.41) is 6.11. The number of carbonyl (C=O) groups excluding carboxylic acids is 2. The van der Waals surface area contributed by atoms with Crippen molar-refractivity contribution in [1.82, 2.24) is 10.2 Å². The first-order valence-electron chi connectivity index (χ1n) is 7.72. The lowest BCUT2D eigenvalue weighted by molar-refractivity contribution is -0.136. The number of likely N-dealkylation sites (N-methyl/N-ethyl adjacent to an activating group) is 1. The molecule has 1 aromatic carbocycles. The summed E-state index contributed by atoms with van der Waals surface area (Å²) >= 11 is 0. The molecule has 0 bridgehead atoms. The SMILES string of the molecule is Cc1cc(C)c(NC(=O)CN(C)C(=O)C2CCNC2)c(C)c1. The molecule has 1 unspecified atom stereocenters. The molecule has 5 nitrogen and oxygen atoms in total. The van der Waals surface area contributed by atoms with Crippen molar-refractivity contribution in [2.75, 3.05) is 32.0 Å². The number of hydrogen-bond donors (Lipinski definition) is 2. The molecule has 0 spiro atoms. The van der Waals surface area contributed by atoms with Crippen molar-refractivity contribution in [3.8, 4) is 0 Å². The van der Waals surface area contributed by atoms with Crippen LogP contribution >= 0.6 is 0 Å². The lowest BCUT2D eigenvalue weighted by Gasteiger charge is -2.21. The summed E-state index contributed by atoms with van der Waals surface area (Å²) in [6, 6.07) is 4.09. The molecule has 1 atom stereocenters. The van der Waals surface area contributed by atoms with Crippen LogP contribution in [0.5, 0.6) is 0 Å². The molecule has 1 heterocycles. The number of nitrogens with one attached hydrogen (secondary N) is 2. The van der Waals surface area contributed by atoms with Gasteiger partial charge in [-0.15, -0.1) is 0 Å². The first kappa shape index (κ1) is 16.5. The highest BCUT2D eigenvalue weighted by molar-refractivity contribution is 5.96. The third kappa shape index (κ3) is 3.85. The summed E-state index contributed by atoms with van der Waals surface area (Å²) in [4.78, 5) is 25.9. The fourth-order valence-corrected chi connectivity index (χ4v) is 3.03. The van der Waals surface area contributed by atoms with Crippen LogP contribution in [0, 0.1) is 26.7 Å². The predicted octanol–water partition coefficient (Wildman–Crippen LogP) is 1.62. The van der Waals surface area contributed by atoms with Crippen LogP contribution < -0.4 is 10.6 Å². The number of aryl methyl sites for hydroxylation is 3. The second-order valence-corrected chi connectivity index (χ2v) is 6.21. The van der Waals surface area contributed by atoms with Gasteiger partial charge in [-0.05, 0) is 44.9 Å². The van der Waals surface area contributed by atoms with Gasteiger partial charge in [-0.25, -0.2) is 0 Å². The minimum Gasteiger partial charge on any atom is -0.336 e. The molecule has 1 saturated heterocycles. The average Bonchev–Trinajstić information content (AvgIpc) is 2.95. The number of rotatable bonds is 4. The standard InChI is InChI=1S/C17H25N3O2/c1-11-7-12(2)16(13(3)8-11)19-15(21)10-20(4)17(22)14-5-6-18-9-14/h7-8,14,18H,5-6,9-10H2,1-4H3,(H,19,21). The molecule has 1 aliphatic rings. The molecular formula is C17H25N3O2. The molecule has 1 fully saturated rings. The minimum absolute atomic E-state index is 0.000599. The van der Waals surface area contributed by atoms with Crippen LogP contribution in [0.25, 0.3) is 0 Å². The summed E-state index contributed by atoms with van der Waals surface area (Å²) in [6.07, 6.45) is 0.848. The van der Waals surface area contributed by atoms with Crippen LogP contribution in [0.4, 0.5) is 5.69 Å². The fraction of sp³-hybridized carbons (Fsp3) is 0.529. The van der Waals surface area contributed by atoms with E-state index in [1.54, 1.807) is 7.05 Å². The molecule has 2 rings (SSSR count). The maximum absolute atomic E-state index is 12.2. The zero-order valence-electron chi connectivity index (χ0n) is 13.8. The van der Waals surface area contributed by atoms with Gasteiger partial charge in [0.1, 0.15) is 0 Å². The van der Waals surface area contributed by atoms with Crippen molar-refractivity contribution in [1.29, 1.82) is 0 Å². The van der Waals surface area contributed by atoms with Crippen LogP contribution in [0.2, 0.25) is 0 Å². The van der Waals surface area contributed by atoms with Crippen LogP contribution in [-0.4, -0.2) is 43.4 Å². The van der Waals surface area contributed by atoms with E-state index in [1.807, 2.05) is 32.9 Å². The number of anilines is 1. The van der Waals surface area contributed by atoms with Gasteiger partial charge in [0.25, 0.3) is 0 Å². The normalized spacial score (nSPS) is 17.4. The number of carbonyl (C=O) groups is 2. The largest absolute Gasteiger partial charge is 0.336 e. The quantitative estimate of drug-likeness (QED) is 0.888. The molecule has 1 aliphatic heterocycles. The average molecular weight is 303 g/mol. The molecular weight excluding hydrogens is 278 g/mol. The van der Waals surface area contributed by atoms with Crippen molar-refractivity contribution in [3.05, 3.63) is 28.8 Å². The van der Waals surface area contributed by atoms with Crippen molar-refractivity contribution < 1.29 is 9.59 Å². The van der Waals surface area contributed by atoms with Crippen molar-refractivity contribution in [2.45, 2.75) is 27.2 Å². The van der Waals surface area contributed by atoms with Crippen LogP contribution in [0.15, 0.2) is 12.1 Å². The summed E-state index contributed by atoms with van der Waals surface area (Å²) in [6.45, 7) is 7.66. The molecule has 2 N–H and O–H groups in total. The van der Waals surface area contributed by atoms with E-state index in [0.717, 1.165) is 29.8 Å². The van der Waals surface area contributed by atoms with Gasteiger partial charge in [0.2, 0.25) is 11.8 Å². The Morgan fingerprint density at radius 1 is 1.27 bits per heavy atom. The Balaban J connectivity index is 1.96. The van der Waals surface area contributed by atoms with E-state index in [2.05, 4.69) is 10.6 Å². The molecule has 0 aromatic heterocycles. The highest BCUT2D eigenvalue weighted by Crippen LogP contribution is 2.21. The maximum Gasteiger partial charge on any atom is 0.243 e. The first-order chi connectivity index (χ1) is 10.4. The third-order valence-corrected chi connectivity index (χ3v) is 4.11. The lowest BCUT2D eigenvalue weighted by atomic mass is 10.1. The fourth-order valence-electron chi connectivity index (χ4n) is 3.03. The Morgan fingerprint density at radius 2 is 1.91 bits per heavy atom. The van der Waals surface area contributed by atoms with E-state index < -0.39 is 0 Å². The van der Waals surface area contributed by atoms with E-state index in [1.165, 1.54) is 10.5 Å². The zero-order valence-corrected chi connectivity index (χ0v) is 13.8. The minimum atomic E-state index is -0.156. The Morgan fingerprint density at radius 3 is 2.45 bits per heavy atom. The summed E-state index contributed by atoms with van der Waals surface area (Å²) < 4.78 is 0. The number of hydrogen-bond acceptors (Lipinski definition) is 3. The molecule has 120 valence electrons. The van der Waals surface area contributed by atoms with Gasteiger partial charge in [0, 0.05) is 19.3 Å². The second-order valence-electron chi connectivity index (χ2n) is 6.21. The van der Waals surface area contributed by atoms with E-state index >= 15 is 0 Å². The van der Waals surface area contributed by atoms with Crippen molar-refractivity contribution in [3.63, 3.8) is 0 Å². The molecule has 0 radical (unpaired) electrons. The van der Waals surface area contributed by atoms with E-state index in [9.17, 15) is 9.59 Å². The predicted molar refractivity (Wildman–Crippen MR) is 87.9 cm³/mol. The molecule has 0 aliphatic carbocycles. The zero-order chi connectivity index (χ0) is 16.3. The third-order valence-electron chi connectivity index (χ3n) is 4.11. The Hall–Kier alpha value is -1.88. The van der Waals surface area contributed by atoms with Gasteiger partial charge in [0.15, 0.2) is 0 Å². The molecule has 2 amide bonds. The lowest BCUT2D eigenvalue weighted by Crippen LogP contribution is -2.39. The summed E-state index contributed by atoms with van der Waals surface area (Å²) in [5.74, 6) is -0.116. The number of benzene rings is 1. The van der Waals surface area contributed by atoms with Crippen molar-refractivity contribution >= 4 is 17.5 Å². The smallest absolute Gasteiger partial charge is 0.243 e. The van der Waals surface area contributed by atoms with Gasteiger partial charge < -0.3 is 15.5 Å². The van der Waals surface area contributed by atoms with Gasteiger partial charge in [-0.3, -0.25) is 9.59 Å². The van der Waals surface area contributed by atoms with Gasteiger partial charge in [-0.2, -0.15) is 0 Å². The van der Waals surface area contributed by atoms with Crippen molar-refractivity contribution in [2.24, 2.45) is 5.92 Å². The summed E-state index contributed by atoms with van der Waals surface area (Å²) in [7, 11) is 1.69. The van der Waals surface area contributed by atoms with Crippen LogP contribution in [0.3, 0.4) is 0 Å². The van der Waals surface area contributed by atoms with Gasteiger partial charge in [-0.1, -0.05) is 17.7 Å². The number of nitrogens with zero attached hydrogens (tertiary/aromatic N) is 1. The Bertz CT molecular complexity index is 554. The second kappa shape index (κ2) is 6.92. The first-order valence-corrected chi connectivity index (χ1v) is 7.72. The monoisotopic (exact) mass is 303 g/mol. The molecule has 5 heteroatoms. The van der Waals surface area contributed by atoms with E-state index in [4.69, 9.17) is 0 Å². The Kier molecular flexibility index (Phi) is 5.19. The van der Waals surface area contributed by atoms with Gasteiger partial charge >= 0.3 is 0 Å². The molecule has 1 aromatic rings. The van der Waals surface area contributed by atoms with E-state index in [0.29, 0.717) is 6.54 Å². The van der Waals surface area contributed by atoms with E-state index in [-0.39, 0.29) is 24.3 Å². The maximum atomic E-state index is 12.2. The molecule has 0 saturated carbocycles. The molecule has 22 heavy (non-hydrogen) atoms. The topological polar surface area (TPSA) is 61.4 Å².